The third-order valence-electron chi connectivity index (χ3n) is 4.73. The minimum atomic E-state index is -0.136. The molecule has 0 bridgehead atoms. The number of rotatable bonds is 3. The van der Waals surface area contributed by atoms with E-state index >= 15 is 0 Å². The minimum Gasteiger partial charge on any atom is -0.349 e. The number of hydrogen-bond donors (Lipinski definition) is 1. The Morgan fingerprint density at radius 1 is 1.17 bits per heavy atom. The van der Waals surface area contributed by atoms with Gasteiger partial charge >= 0.3 is 0 Å². The summed E-state index contributed by atoms with van der Waals surface area (Å²) in [5.74, 6) is 0.414. The zero-order valence-corrected chi connectivity index (χ0v) is 14.6. The number of hydrogen-bond acceptors (Lipinski definition) is 2. The standard InChI is InChI=1S/C18H20Cl2N2O/c1-11(12-5-3-2-4-6-12)21-18(23)17-13-7-10-16(20)22-15(13)9-8-14(17)19/h7-12H,2-6H2,1H3,(H,21,23). The molecule has 0 spiro atoms. The van der Waals surface area contributed by atoms with Crippen molar-refractivity contribution in [3.05, 3.63) is 40.0 Å². The van der Waals surface area contributed by atoms with E-state index in [4.69, 9.17) is 23.2 Å². The molecule has 23 heavy (non-hydrogen) atoms. The molecule has 1 heterocycles. The van der Waals surface area contributed by atoms with Gasteiger partial charge in [0.15, 0.2) is 0 Å². The third-order valence-corrected chi connectivity index (χ3v) is 5.25. The molecule has 0 saturated heterocycles. The molecule has 1 amide bonds. The van der Waals surface area contributed by atoms with Gasteiger partial charge in [0.05, 0.1) is 16.1 Å². The monoisotopic (exact) mass is 350 g/mol. The minimum absolute atomic E-state index is 0.136. The molecule has 1 aromatic carbocycles. The summed E-state index contributed by atoms with van der Waals surface area (Å²) < 4.78 is 0. The van der Waals surface area contributed by atoms with Crippen LogP contribution in [0.25, 0.3) is 10.9 Å². The van der Waals surface area contributed by atoms with Gasteiger partial charge in [-0.15, -0.1) is 0 Å². The summed E-state index contributed by atoms with van der Waals surface area (Å²) in [5, 5.41) is 4.71. The maximum absolute atomic E-state index is 12.8. The SMILES string of the molecule is CC(NC(=O)c1c(Cl)ccc2nc(Cl)ccc12)C1CCCCC1. The topological polar surface area (TPSA) is 42.0 Å². The van der Waals surface area contributed by atoms with Crippen LogP contribution in [0.1, 0.15) is 49.4 Å². The molecule has 1 fully saturated rings. The van der Waals surface area contributed by atoms with E-state index in [1.165, 1.54) is 32.1 Å². The Bertz CT molecular complexity index is 726. The Morgan fingerprint density at radius 2 is 1.91 bits per heavy atom. The summed E-state index contributed by atoms with van der Waals surface area (Å²) in [6.45, 7) is 2.09. The van der Waals surface area contributed by atoms with Crippen LogP contribution >= 0.6 is 23.2 Å². The molecule has 1 atom stereocenters. The number of amides is 1. The van der Waals surface area contributed by atoms with Crippen molar-refractivity contribution < 1.29 is 4.79 Å². The van der Waals surface area contributed by atoms with Crippen molar-refractivity contribution in [3.63, 3.8) is 0 Å². The van der Waals surface area contributed by atoms with Crippen molar-refractivity contribution >= 4 is 40.0 Å². The third kappa shape index (κ3) is 3.61. The van der Waals surface area contributed by atoms with E-state index in [1.807, 2.05) is 0 Å². The van der Waals surface area contributed by atoms with E-state index in [2.05, 4.69) is 17.2 Å². The molecule has 5 heteroatoms. The van der Waals surface area contributed by atoms with Crippen molar-refractivity contribution in [2.45, 2.75) is 45.1 Å². The van der Waals surface area contributed by atoms with E-state index in [1.54, 1.807) is 24.3 Å². The van der Waals surface area contributed by atoms with E-state index < -0.39 is 0 Å². The molecule has 1 aliphatic rings. The highest BCUT2D eigenvalue weighted by molar-refractivity contribution is 6.36. The van der Waals surface area contributed by atoms with Gasteiger partial charge in [0, 0.05) is 11.4 Å². The molecule has 1 saturated carbocycles. The fourth-order valence-corrected chi connectivity index (χ4v) is 3.82. The molecule has 0 aliphatic heterocycles. The summed E-state index contributed by atoms with van der Waals surface area (Å²) in [4.78, 5) is 17.0. The number of nitrogens with zero attached hydrogens (tertiary/aromatic N) is 1. The van der Waals surface area contributed by atoms with Gasteiger partial charge in [-0.05, 0) is 49.9 Å². The molecule has 3 nitrogen and oxygen atoms in total. The van der Waals surface area contributed by atoms with E-state index in [0.29, 0.717) is 27.2 Å². The van der Waals surface area contributed by atoms with Gasteiger partial charge in [-0.3, -0.25) is 4.79 Å². The van der Waals surface area contributed by atoms with Crippen LogP contribution in [0.2, 0.25) is 10.2 Å². The molecule has 1 N–H and O–H groups in total. The summed E-state index contributed by atoms with van der Waals surface area (Å²) in [6.07, 6.45) is 6.17. The number of halogens is 2. The molecule has 3 rings (SSSR count). The summed E-state index contributed by atoms with van der Waals surface area (Å²) in [5.41, 5.74) is 1.16. The quantitative estimate of drug-likeness (QED) is 0.769. The zero-order valence-electron chi connectivity index (χ0n) is 13.1. The predicted octanol–water partition coefficient (Wildman–Crippen LogP) is 5.24. The number of benzene rings is 1. The molecule has 0 radical (unpaired) electrons. The van der Waals surface area contributed by atoms with Gasteiger partial charge in [0.2, 0.25) is 0 Å². The van der Waals surface area contributed by atoms with Crippen LogP contribution in [0.15, 0.2) is 24.3 Å². The number of carbonyl (C=O) groups is 1. The fourth-order valence-electron chi connectivity index (χ4n) is 3.41. The Labute approximate surface area is 146 Å². The van der Waals surface area contributed by atoms with Gasteiger partial charge in [0.1, 0.15) is 5.15 Å². The van der Waals surface area contributed by atoms with Crippen molar-refractivity contribution in [1.29, 1.82) is 0 Å². The Kier molecular flexibility index (Phi) is 5.08. The predicted molar refractivity (Wildman–Crippen MR) is 95.3 cm³/mol. The van der Waals surface area contributed by atoms with E-state index in [0.717, 1.165) is 5.39 Å². The van der Waals surface area contributed by atoms with Crippen molar-refractivity contribution in [1.82, 2.24) is 10.3 Å². The molecule has 1 aromatic heterocycles. The van der Waals surface area contributed by atoms with Gasteiger partial charge < -0.3 is 5.32 Å². The van der Waals surface area contributed by atoms with Crippen LogP contribution in [0.4, 0.5) is 0 Å². The van der Waals surface area contributed by atoms with Crippen LogP contribution in [-0.4, -0.2) is 16.9 Å². The molecule has 122 valence electrons. The van der Waals surface area contributed by atoms with E-state index in [9.17, 15) is 4.79 Å². The van der Waals surface area contributed by atoms with Crippen molar-refractivity contribution in [2.75, 3.05) is 0 Å². The Balaban J connectivity index is 1.86. The second kappa shape index (κ2) is 7.06. The van der Waals surface area contributed by atoms with Crippen molar-refractivity contribution in [3.8, 4) is 0 Å². The van der Waals surface area contributed by atoms with Gasteiger partial charge in [-0.1, -0.05) is 42.5 Å². The average Bonchev–Trinajstić information content (AvgIpc) is 2.55. The van der Waals surface area contributed by atoms with Crippen LogP contribution in [0.3, 0.4) is 0 Å². The maximum atomic E-state index is 12.8. The fraction of sp³-hybridized carbons (Fsp3) is 0.444. The summed E-state index contributed by atoms with van der Waals surface area (Å²) in [6, 6.07) is 7.12. The average molecular weight is 351 g/mol. The maximum Gasteiger partial charge on any atom is 0.253 e. The van der Waals surface area contributed by atoms with Gasteiger partial charge in [-0.25, -0.2) is 4.98 Å². The second-order valence-corrected chi connectivity index (χ2v) is 7.08. The normalized spacial score (nSPS) is 17.2. The molecular formula is C18H20Cl2N2O. The summed E-state index contributed by atoms with van der Waals surface area (Å²) >= 11 is 12.2. The van der Waals surface area contributed by atoms with Crippen LogP contribution < -0.4 is 5.32 Å². The molecular weight excluding hydrogens is 331 g/mol. The lowest BCUT2D eigenvalue weighted by Gasteiger charge is -2.28. The highest BCUT2D eigenvalue weighted by Crippen LogP contribution is 2.29. The Hall–Kier alpha value is -1.32. The Morgan fingerprint density at radius 3 is 2.65 bits per heavy atom. The number of aromatic nitrogens is 1. The van der Waals surface area contributed by atoms with Crippen LogP contribution in [0, 0.1) is 5.92 Å². The first kappa shape index (κ1) is 16.5. The number of fused-ring (bicyclic) bond motifs is 1. The number of nitrogens with one attached hydrogen (secondary N) is 1. The first-order valence-corrected chi connectivity index (χ1v) is 8.87. The highest BCUT2D eigenvalue weighted by atomic mass is 35.5. The zero-order chi connectivity index (χ0) is 16.4. The summed E-state index contributed by atoms with van der Waals surface area (Å²) in [7, 11) is 0. The van der Waals surface area contributed by atoms with Crippen molar-refractivity contribution in [2.24, 2.45) is 5.92 Å². The van der Waals surface area contributed by atoms with E-state index in [-0.39, 0.29) is 11.9 Å². The molecule has 2 aromatic rings. The smallest absolute Gasteiger partial charge is 0.253 e. The number of pyridine rings is 1. The lowest BCUT2D eigenvalue weighted by Crippen LogP contribution is -2.39. The first-order valence-electron chi connectivity index (χ1n) is 8.12. The van der Waals surface area contributed by atoms with Gasteiger partial charge in [-0.2, -0.15) is 0 Å². The number of carbonyl (C=O) groups excluding carboxylic acids is 1. The molecule has 1 unspecified atom stereocenters. The van der Waals surface area contributed by atoms with Crippen LogP contribution in [0.5, 0.6) is 0 Å². The highest BCUT2D eigenvalue weighted by Gasteiger charge is 2.23. The lowest BCUT2D eigenvalue weighted by molar-refractivity contribution is 0.0921. The second-order valence-electron chi connectivity index (χ2n) is 6.28. The lowest BCUT2D eigenvalue weighted by atomic mass is 9.84. The largest absolute Gasteiger partial charge is 0.349 e. The van der Waals surface area contributed by atoms with Gasteiger partial charge in [0.25, 0.3) is 5.91 Å². The van der Waals surface area contributed by atoms with Crippen LogP contribution in [-0.2, 0) is 0 Å². The molecule has 1 aliphatic carbocycles. The first-order chi connectivity index (χ1) is 11.1.